The van der Waals surface area contributed by atoms with Crippen LogP contribution in [0, 0.1) is 6.92 Å². The summed E-state index contributed by atoms with van der Waals surface area (Å²) in [5, 5.41) is 11.9. The van der Waals surface area contributed by atoms with Gasteiger partial charge in [0.15, 0.2) is 0 Å². The fraction of sp³-hybridized carbons (Fsp3) is 0.290. The van der Waals surface area contributed by atoms with E-state index in [1.807, 2.05) is 45.0 Å². The molecule has 1 N–H and O–H groups in total. The summed E-state index contributed by atoms with van der Waals surface area (Å²) in [4.78, 5) is 28.5. The number of aliphatic hydroxyl groups is 1. The topological polar surface area (TPSA) is 76.1 Å². The van der Waals surface area contributed by atoms with Crippen molar-refractivity contribution >= 4 is 34.7 Å². The number of aryl methyl sites for hydroxylation is 1. The lowest BCUT2D eigenvalue weighted by Gasteiger charge is -2.26. The van der Waals surface area contributed by atoms with Gasteiger partial charge in [-0.05, 0) is 79.8 Å². The Morgan fingerprint density at radius 2 is 1.61 bits per heavy atom. The molecule has 1 unspecified atom stereocenters. The number of aliphatic hydroxyl groups excluding tert-OH is 1. The van der Waals surface area contributed by atoms with Crippen LogP contribution in [0.2, 0.25) is 5.02 Å². The Hall–Kier alpha value is -3.77. The molecule has 7 heteroatoms. The van der Waals surface area contributed by atoms with Gasteiger partial charge in [-0.15, -0.1) is 0 Å². The molecular weight excluding hydrogens is 502 g/mol. The Morgan fingerprint density at radius 1 is 0.974 bits per heavy atom. The van der Waals surface area contributed by atoms with E-state index in [4.69, 9.17) is 21.1 Å². The van der Waals surface area contributed by atoms with E-state index in [1.54, 1.807) is 36.4 Å². The molecule has 1 atom stereocenters. The summed E-state index contributed by atoms with van der Waals surface area (Å²) in [7, 11) is 1.44. The molecule has 1 saturated heterocycles. The van der Waals surface area contributed by atoms with Gasteiger partial charge in [-0.2, -0.15) is 0 Å². The second-order valence-corrected chi connectivity index (χ2v) is 10.4. The number of ketones is 1. The smallest absolute Gasteiger partial charge is 0.300 e. The first kappa shape index (κ1) is 27.3. The summed E-state index contributed by atoms with van der Waals surface area (Å²) in [6.45, 7) is 9.86. The van der Waals surface area contributed by atoms with Crippen LogP contribution in [0.25, 0.3) is 5.76 Å². The number of carbonyl (C=O) groups is 2. The van der Waals surface area contributed by atoms with Crippen LogP contribution in [0.5, 0.6) is 11.5 Å². The minimum atomic E-state index is -0.878. The predicted octanol–water partition coefficient (Wildman–Crippen LogP) is 7.19. The number of nitrogens with zero attached hydrogens (tertiary/aromatic N) is 1. The van der Waals surface area contributed by atoms with Gasteiger partial charge in [-0.25, -0.2) is 0 Å². The summed E-state index contributed by atoms with van der Waals surface area (Å²) in [6, 6.07) is 17.2. The lowest BCUT2D eigenvalue weighted by molar-refractivity contribution is -0.132. The average molecular weight is 534 g/mol. The van der Waals surface area contributed by atoms with Crippen molar-refractivity contribution < 1.29 is 24.2 Å². The molecule has 6 nitrogen and oxygen atoms in total. The minimum Gasteiger partial charge on any atom is -0.507 e. The standard InChI is InChI=1S/C31H32ClNO5/c1-17(2)20-7-11-22(12-8-20)33-27(21-9-13-23(14-10-21)38-18(3)4)26(29(35)31(33)36)28(34)24-15-19(5)16-25(32)30(24)37-6/h7-18,27,34H,1-6H3/b28-26+. The van der Waals surface area contributed by atoms with Gasteiger partial charge in [0.25, 0.3) is 11.7 Å². The highest BCUT2D eigenvalue weighted by molar-refractivity contribution is 6.51. The van der Waals surface area contributed by atoms with Crippen molar-refractivity contribution in [2.24, 2.45) is 0 Å². The first-order chi connectivity index (χ1) is 18.0. The van der Waals surface area contributed by atoms with Crippen LogP contribution in [0.15, 0.2) is 66.2 Å². The van der Waals surface area contributed by atoms with Crippen LogP contribution < -0.4 is 14.4 Å². The number of ether oxygens (including phenoxy) is 2. The van der Waals surface area contributed by atoms with E-state index in [9.17, 15) is 14.7 Å². The molecule has 0 saturated carbocycles. The van der Waals surface area contributed by atoms with Gasteiger partial charge in [0.1, 0.15) is 17.3 Å². The molecule has 0 radical (unpaired) electrons. The number of Topliss-reactive ketones (excluding diaryl/α,β-unsaturated/α-hetero) is 1. The summed E-state index contributed by atoms with van der Waals surface area (Å²) < 4.78 is 11.2. The van der Waals surface area contributed by atoms with Crippen molar-refractivity contribution in [2.75, 3.05) is 12.0 Å². The fourth-order valence-corrected chi connectivity index (χ4v) is 5.04. The number of methoxy groups -OCH3 is 1. The number of carbonyl (C=O) groups excluding carboxylic acids is 2. The van der Waals surface area contributed by atoms with E-state index in [2.05, 4.69) is 13.8 Å². The Kier molecular flexibility index (Phi) is 7.83. The second kappa shape index (κ2) is 10.9. The minimum absolute atomic E-state index is 0.00973. The van der Waals surface area contributed by atoms with Crippen molar-refractivity contribution in [3.05, 3.63) is 93.5 Å². The summed E-state index contributed by atoms with van der Waals surface area (Å²) in [5.74, 6) is -0.672. The van der Waals surface area contributed by atoms with Crippen molar-refractivity contribution in [3.8, 4) is 11.5 Å². The molecule has 198 valence electrons. The highest BCUT2D eigenvalue weighted by atomic mass is 35.5. The number of halogens is 1. The lowest BCUT2D eigenvalue weighted by Crippen LogP contribution is -2.29. The van der Waals surface area contributed by atoms with E-state index in [1.165, 1.54) is 12.0 Å². The first-order valence-electron chi connectivity index (χ1n) is 12.6. The molecule has 1 aliphatic heterocycles. The zero-order valence-corrected chi connectivity index (χ0v) is 23.2. The number of anilines is 1. The van der Waals surface area contributed by atoms with Crippen LogP contribution in [-0.2, 0) is 9.59 Å². The molecule has 0 bridgehead atoms. The molecule has 38 heavy (non-hydrogen) atoms. The summed E-state index contributed by atoms with van der Waals surface area (Å²) in [6.07, 6.45) is -0.00973. The van der Waals surface area contributed by atoms with E-state index < -0.39 is 17.7 Å². The SMILES string of the molecule is COc1c(Cl)cc(C)cc1/C(O)=C1\C(=O)C(=O)N(c2ccc(C(C)C)cc2)C1c1ccc(OC(C)C)cc1. The Bertz CT molecular complexity index is 1390. The van der Waals surface area contributed by atoms with E-state index in [-0.39, 0.29) is 28.7 Å². The van der Waals surface area contributed by atoms with E-state index >= 15 is 0 Å². The van der Waals surface area contributed by atoms with Gasteiger partial charge in [0.05, 0.1) is 35.4 Å². The molecule has 1 aliphatic rings. The quantitative estimate of drug-likeness (QED) is 0.197. The van der Waals surface area contributed by atoms with Crippen molar-refractivity contribution in [1.29, 1.82) is 0 Å². The molecule has 0 aliphatic carbocycles. The van der Waals surface area contributed by atoms with Crippen molar-refractivity contribution in [2.45, 2.75) is 52.7 Å². The maximum atomic E-state index is 13.5. The largest absolute Gasteiger partial charge is 0.507 e. The second-order valence-electron chi connectivity index (χ2n) is 9.98. The van der Waals surface area contributed by atoms with Gasteiger partial charge in [-0.3, -0.25) is 14.5 Å². The maximum absolute atomic E-state index is 13.5. The number of rotatable bonds is 7. The molecular formula is C31H32ClNO5. The molecule has 1 amide bonds. The predicted molar refractivity (Wildman–Crippen MR) is 150 cm³/mol. The zero-order valence-electron chi connectivity index (χ0n) is 22.4. The Balaban J connectivity index is 1.94. The van der Waals surface area contributed by atoms with Crippen LogP contribution in [0.3, 0.4) is 0 Å². The normalized spacial score (nSPS) is 17.0. The molecule has 0 spiro atoms. The number of benzene rings is 3. The first-order valence-corrected chi connectivity index (χ1v) is 12.9. The zero-order chi connectivity index (χ0) is 27.7. The monoisotopic (exact) mass is 533 g/mol. The molecule has 0 aromatic heterocycles. The summed E-state index contributed by atoms with van der Waals surface area (Å²) in [5.41, 5.74) is 3.28. The van der Waals surface area contributed by atoms with Crippen LogP contribution >= 0.6 is 11.6 Å². The van der Waals surface area contributed by atoms with Gasteiger partial charge < -0.3 is 14.6 Å². The highest BCUT2D eigenvalue weighted by Gasteiger charge is 2.47. The van der Waals surface area contributed by atoms with Gasteiger partial charge >= 0.3 is 0 Å². The van der Waals surface area contributed by atoms with Crippen LogP contribution in [0.4, 0.5) is 5.69 Å². The van der Waals surface area contributed by atoms with Crippen molar-refractivity contribution in [1.82, 2.24) is 0 Å². The number of hydrogen-bond acceptors (Lipinski definition) is 5. The third kappa shape index (κ3) is 5.14. The average Bonchev–Trinajstić information content (AvgIpc) is 3.13. The Morgan fingerprint density at radius 3 is 2.16 bits per heavy atom. The number of amides is 1. The molecule has 1 heterocycles. The third-order valence-electron chi connectivity index (χ3n) is 6.50. The van der Waals surface area contributed by atoms with E-state index in [0.717, 1.165) is 11.1 Å². The van der Waals surface area contributed by atoms with Crippen LogP contribution in [0.1, 0.15) is 61.9 Å². The van der Waals surface area contributed by atoms with E-state index in [0.29, 0.717) is 27.9 Å². The lowest BCUT2D eigenvalue weighted by atomic mass is 9.94. The third-order valence-corrected chi connectivity index (χ3v) is 6.78. The molecule has 3 aromatic rings. The van der Waals surface area contributed by atoms with Gasteiger partial charge in [0.2, 0.25) is 0 Å². The number of hydrogen-bond donors (Lipinski definition) is 1. The van der Waals surface area contributed by atoms with Crippen molar-refractivity contribution in [3.63, 3.8) is 0 Å². The van der Waals surface area contributed by atoms with Gasteiger partial charge in [0, 0.05) is 5.69 Å². The highest BCUT2D eigenvalue weighted by Crippen LogP contribution is 2.45. The molecule has 3 aromatic carbocycles. The fourth-order valence-electron chi connectivity index (χ4n) is 4.69. The van der Waals surface area contributed by atoms with Gasteiger partial charge in [-0.1, -0.05) is 49.7 Å². The maximum Gasteiger partial charge on any atom is 0.300 e. The molecule has 1 fully saturated rings. The van der Waals surface area contributed by atoms with Crippen LogP contribution in [-0.4, -0.2) is 30.0 Å². The molecule has 4 rings (SSSR count). The Labute approximate surface area is 228 Å². The summed E-state index contributed by atoms with van der Waals surface area (Å²) >= 11 is 6.39.